The average Bonchev–Trinajstić information content (AvgIpc) is 3.27. The highest BCUT2D eigenvalue weighted by molar-refractivity contribution is 6.33. The molecular formula is C22H24ClN5O3. The Morgan fingerprint density at radius 1 is 1.13 bits per heavy atom. The van der Waals surface area contributed by atoms with Crippen molar-refractivity contribution in [3.05, 3.63) is 71.3 Å². The molecule has 0 radical (unpaired) electrons. The van der Waals surface area contributed by atoms with Gasteiger partial charge in [-0.05, 0) is 29.8 Å². The van der Waals surface area contributed by atoms with E-state index in [2.05, 4.69) is 15.0 Å². The van der Waals surface area contributed by atoms with Crippen molar-refractivity contribution in [1.82, 2.24) is 19.7 Å². The molecule has 31 heavy (non-hydrogen) atoms. The van der Waals surface area contributed by atoms with Crippen molar-refractivity contribution in [2.24, 2.45) is 0 Å². The fraction of sp³-hybridized carbons (Fsp3) is 0.318. The van der Waals surface area contributed by atoms with Crippen LogP contribution >= 0.6 is 11.6 Å². The number of rotatable bonds is 6. The van der Waals surface area contributed by atoms with Gasteiger partial charge < -0.3 is 19.6 Å². The van der Waals surface area contributed by atoms with Crippen molar-refractivity contribution in [1.29, 1.82) is 0 Å². The maximum absolute atomic E-state index is 12.8. The van der Waals surface area contributed by atoms with Crippen LogP contribution in [0.3, 0.4) is 0 Å². The largest absolute Gasteiger partial charge is 0.497 e. The molecule has 1 aliphatic rings. The van der Waals surface area contributed by atoms with Gasteiger partial charge >= 0.3 is 0 Å². The van der Waals surface area contributed by atoms with Gasteiger partial charge in [0.15, 0.2) is 0 Å². The molecule has 1 atom stereocenters. The van der Waals surface area contributed by atoms with E-state index in [0.717, 1.165) is 17.0 Å². The van der Waals surface area contributed by atoms with E-state index >= 15 is 0 Å². The number of hydrogen-bond donors (Lipinski definition) is 1. The molecule has 2 aromatic carbocycles. The van der Waals surface area contributed by atoms with Gasteiger partial charge in [-0.3, -0.25) is 4.79 Å². The Morgan fingerprint density at radius 2 is 1.84 bits per heavy atom. The van der Waals surface area contributed by atoms with E-state index in [1.54, 1.807) is 36.3 Å². The van der Waals surface area contributed by atoms with Crippen molar-refractivity contribution in [3.8, 4) is 5.75 Å². The van der Waals surface area contributed by atoms with Crippen molar-refractivity contribution in [2.45, 2.75) is 12.6 Å². The zero-order valence-electron chi connectivity index (χ0n) is 17.2. The third-order valence-corrected chi connectivity index (χ3v) is 5.67. The van der Waals surface area contributed by atoms with Gasteiger partial charge in [0.1, 0.15) is 12.1 Å². The number of methoxy groups -OCH3 is 1. The predicted molar refractivity (Wildman–Crippen MR) is 118 cm³/mol. The Balaban J connectivity index is 1.34. The van der Waals surface area contributed by atoms with E-state index in [1.807, 2.05) is 24.3 Å². The predicted octanol–water partition coefficient (Wildman–Crippen LogP) is 2.64. The van der Waals surface area contributed by atoms with Gasteiger partial charge in [0.05, 0.1) is 30.5 Å². The molecule has 0 bridgehead atoms. The first-order chi connectivity index (χ1) is 15.0. The van der Waals surface area contributed by atoms with Crippen LogP contribution in [-0.2, 0) is 6.54 Å². The summed E-state index contributed by atoms with van der Waals surface area (Å²) in [7, 11) is 1.59. The highest BCUT2D eigenvalue weighted by atomic mass is 35.5. The van der Waals surface area contributed by atoms with Crippen LogP contribution < -0.4 is 9.64 Å². The molecule has 2 heterocycles. The summed E-state index contributed by atoms with van der Waals surface area (Å²) < 4.78 is 6.62. The standard InChI is InChI=1S/C22H24ClN5O3/c1-31-17-8-6-16(7-9-17)20(29)14-28-15-24-21(25-28)22(30)27-12-10-26(11-13-27)19-5-3-2-4-18(19)23/h2-9,15,20,29H,10-14H2,1H3. The molecule has 1 aromatic heterocycles. The summed E-state index contributed by atoms with van der Waals surface area (Å²) in [6, 6.07) is 14.9. The number of carbonyl (C=O) groups excluding carboxylic acids is 1. The monoisotopic (exact) mass is 441 g/mol. The molecule has 1 unspecified atom stereocenters. The molecule has 1 N–H and O–H groups in total. The average molecular weight is 442 g/mol. The third-order valence-electron chi connectivity index (χ3n) is 5.35. The molecule has 162 valence electrons. The van der Waals surface area contributed by atoms with Crippen LogP contribution in [0.4, 0.5) is 5.69 Å². The van der Waals surface area contributed by atoms with Gasteiger partial charge in [0.25, 0.3) is 5.91 Å². The van der Waals surface area contributed by atoms with Crippen LogP contribution in [0.1, 0.15) is 22.3 Å². The van der Waals surface area contributed by atoms with Crippen LogP contribution in [-0.4, -0.2) is 64.0 Å². The first kappa shape index (κ1) is 21.1. The number of hydrogen-bond acceptors (Lipinski definition) is 6. The second-order valence-corrected chi connectivity index (χ2v) is 7.72. The highest BCUT2D eigenvalue weighted by Crippen LogP contribution is 2.26. The van der Waals surface area contributed by atoms with Crippen molar-refractivity contribution >= 4 is 23.2 Å². The Kier molecular flexibility index (Phi) is 6.39. The van der Waals surface area contributed by atoms with Gasteiger partial charge in [0, 0.05) is 26.2 Å². The number of aliphatic hydroxyl groups is 1. The maximum atomic E-state index is 12.8. The first-order valence-electron chi connectivity index (χ1n) is 10.1. The lowest BCUT2D eigenvalue weighted by atomic mass is 10.1. The minimum atomic E-state index is -0.769. The Morgan fingerprint density at radius 3 is 2.52 bits per heavy atom. The normalized spacial score (nSPS) is 15.1. The van der Waals surface area contributed by atoms with Gasteiger partial charge in [-0.25, -0.2) is 9.67 Å². The molecule has 4 rings (SSSR count). The van der Waals surface area contributed by atoms with Gasteiger partial charge in [0.2, 0.25) is 5.82 Å². The molecule has 8 nitrogen and oxygen atoms in total. The number of nitrogens with zero attached hydrogens (tertiary/aromatic N) is 5. The SMILES string of the molecule is COc1ccc(C(O)Cn2cnc(C(=O)N3CCN(c4ccccc4Cl)CC3)n2)cc1. The van der Waals surface area contributed by atoms with E-state index in [1.165, 1.54) is 11.0 Å². The molecular weight excluding hydrogens is 418 g/mol. The van der Waals surface area contributed by atoms with E-state index < -0.39 is 6.10 Å². The fourth-order valence-corrected chi connectivity index (χ4v) is 3.84. The number of anilines is 1. The molecule has 1 saturated heterocycles. The smallest absolute Gasteiger partial charge is 0.293 e. The second kappa shape index (κ2) is 9.36. The molecule has 1 amide bonds. The van der Waals surface area contributed by atoms with E-state index in [-0.39, 0.29) is 18.3 Å². The molecule has 3 aromatic rings. The van der Waals surface area contributed by atoms with Crippen LogP contribution in [0.15, 0.2) is 54.9 Å². The number of carbonyl (C=O) groups is 1. The van der Waals surface area contributed by atoms with Crippen LogP contribution in [0.5, 0.6) is 5.75 Å². The summed E-state index contributed by atoms with van der Waals surface area (Å²) in [6.45, 7) is 2.70. The number of aromatic nitrogens is 3. The zero-order valence-corrected chi connectivity index (χ0v) is 17.9. The Labute approximate surface area is 185 Å². The zero-order chi connectivity index (χ0) is 21.8. The maximum Gasteiger partial charge on any atom is 0.293 e. The first-order valence-corrected chi connectivity index (χ1v) is 10.4. The second-order valence-electron chi connectivity index (χ2n) is 7.31. The van der Waals surface area contributed by atoms with Crippen molar-refractivity contribution in [2.75, 3.05) is 38.2 Å². The number of amides is 1. The fourth-order valence-electron chi connectivity index (χ4n) is 3.59. The van der Waals surface area contributed by atoms with Gasteiger partial charge in [-0.2, -0.15) is 0 Å². The van der Waals surface area contributed by atoms with Gasteiger partial charge in [-0.15, -0.1) is 5.10 Å². The van der Waals surface area contributed by atoms with Gasteiger partial charge in [-0.1, -0.05) is 35.9 Å². The molecule has 0 spiro atoms. The molecule has 9 heteroatoms. The third kappa shape index (κ3) is 4.81. The van der Waals surface area contributed by atoms with Crippen LogP contribution in [0.25, 0.3) is 0 Å². The Hall–Kier alpha value is -3.10. The summed E-state index contributed by atoms with van der Waals surface area (Å²) in [5.74, 6) is 0.642. The highest BCUT2D eigenvalue weighted by Gasteiger charge is 2.25. The summed E-state index contributed by atoms with van der Waals surface area (Å²) in [4.78, 5) is 20.9. The van der Waals surface area contributed by atoms with E-state index in [0.29, 0.717) is 31.2 Å². The number of piperazine rings is 1. The molecule has 1 fully saturated rings. The minimum absolute atomic E-state index is 0.133. The number of ether oxygens (including phenoxy) is 1. The lowest BCUT2D eigenvalue weighted by molar-refractivity contribution is 0.0733. The Bertz CT molecular complexity index is 1030. The minimum Gasteiger partial charge on any atom is -0.497 e. The summed E-state index contributed by atoms with van der Waals surface area (Å²) in [5, 5.41) is 15.4. The van der Waals surface area contributed by atoms with Crippen LogP contribution in [0, 0.1) is 0 Å². The summed E-state index contributed by atoms with van der Waals surface area (Å²) in [6.07, 6.45) is 0.703. The van der Waals surface area contributed by atoms with Crippen molar-refractivity contribution < 1.29 is 14.6 Å². The quantitative estimate of drug-likeness (QED) is 0.633. The number of aliphatic hydroxyl groups excluding tert-OH is 1. The topological polar surface area (TPSA) is 83.7 Å². The summed E-state index contributed by atoms with van der Waals surface area (Å²) >= 11 is 6.28. The number of para-hydroxylation sites is 1. The number of benzene rings is 2. The lowest BCUT2D eigenvalue weighted by Gasteiger charge is -2.36. The lowest BCUT2D eigenvalue weighted by Crippen LogP contribution is -2.49. The van der Waals surface area contributed by atoms with Crippen molar-refractivity contribution in [3.63, 3.8) is 0 Å². The van der Waals surface area contributed by atoms with Crippen LogP contribution in [0.2, 0.25) is 5.02 Å². The molecule has 0 saturated carbocycles. The summed E-state index contributed by atoms with van der Waals surface area (Å²) in [5.41, 5.74) is 1.71. The van der Waals surface area contributed by atoms with E-state index in [9.17, 15) is 9.90 Å². The number of halogens is 1. The molecule has 0 aliphatic carbocycles. The molecule has 1 aliphatic heterocycles. The van der Waals surface area contributed by atoms with E-state index in [4.69, 9.17) is 16.3 Å².